The van der Waals surface area contributed by atoms with Crippen LogP contribution in [0.4, 0.5) is 0 Å². The molecule has 0 bridgehead atoms. The summed E-state index contributed by atoms with van der Waals surface area (Å²) in [5.74, 6) is 0. The molecule has 0 aliphatic rings. The van der Waals surface area contributed by atoms with E-state index >= 15 is 0 Å². The van der Waals surface area contributed by atoms with E-state index in [0.717, 1.165) is 0 Å². The van der Waals surface area contributed by atoms with Gasteiger partial charge in [-0.3, -0.25) is 0 Å². The Kier molecular flexibility index (Phi) is 9.63. The molecule has 0 atom stereocenters. The first-order valence-corrected chi connectivity index (χ1v) is 24.2. The van der Waals surface area contributed by atoms with E-state index in [1.807, 2.05) is 0 Å². The van der Waals surface area contributed by atoms with Gasteiger partial charge in [0, 0.05) is 0 Å². The van der Waals surface area contributed by atoms with E-state index in [2.05, 4.69) is 197 Å². The second-order valence-electron chi connectivity index (χ2n) is 14.1. The second kappa shape index (κ2) is 14.6. The Labute approximate surface area is 321 Å². The van der Waals surface area contributed by atoms with Gasteiger partial charge in [0.25, 0.3) is 0 Å². The van der Waals surface area contributed by atoms with Gasteiger partial charge in [-0.1, -0.05) is 134 Å². The van der Waals surface area contributed by atoms with Gasteiger partial charge in [0.05, 0.1) is 0 Å². The molecule has 0 spiro atoms. The minimum atomic E-state index is 0.210. The maximum atomic E-state index is 2.31. The van der Waals surface area contributed by atoms with Crippen molar-refractivity contribution in [3.63, 3.8) is 0 Å². The molecule has 10 rings (SSSR count). The van der Waals surface area contributed by atoms with Crippen LogP contribution in [0.1, 0.15) is 11.1 Å². The molecule has 0 heterocycles. The van der Waals surface area contributed by atoms with Crippen molar-refractivity contribution in [2.45, 2.75) is 26.9 Å². The first kappa shape index (κ1) is 34.2. The first-order chi connectivity index (χ1) is 25.4. The zero-order chi connectivity index (χ0) is 35.8. The van der Waals surface area contributed by atoms with Crippen molar-refractivity contribution >= 4 is 70.1 Å². The third kappa shape index (κ3) is 6.63. The number of hydrogen-bond donors (Lipinski definition) is 0. The van der Waals surface area contributed by atoms with Crippen molar-refractivity contribution in [1.82, 2.24) is 0 Å². The van der Waals surface area contributed by atoms with Gasteiger partial charge < -0.3 is 0 Å². The van der Waals surface area contributed by atoms with Crippen LogP contribution in [0.2, 0.25) is 13.1 Å². The van der Waals surface area contributed by atoms with Crippen molar-refractivity contribution in [3.8, 4) is 22.3 Å². The normalized spacial score (nSPS) is 11.2. The minimum absolute atomic E-state index is 0.210. The van der Waals surface area contributed by atoms with Crippen LogP contribution in [0.25, 0.3) is 86.9 Å². The molecule has 10 aromatic rings. The fourth-order valence-corrected chi connectivity index (χ4v) is 7.81. The second-order valence-corrected chi connectivity index (χ2v) is 23.4. The molecule has 0 radical (unpaired) electrons. The van der Waals surface area contributed by atoms with Crippen molar-refractivity contribution in [2.24, 2.45) is 0 Å². The van der Waals surface area contributed by atoms with E-state index < -0.39 is 0 Å². The third-order valence-corrected chi connectivity index (χ3v) is 9.87. The average molecular weight is 760 g/mol. The largest absolute Gasteiger partial charge is 0.165 e. The molecular formula is C50H40SiZr. The first-order valence-electron chi connectivity index (χ1n) is 18.0. The monoisotopic (exact) mass is 758 g/mol. The van der Waals surface area contributed by atoms with Crippen molar-refractivity contribution in [2.75, 3.05) is 0 Å². The van der Waals surface area contributed by atoms with Crippen LogP contribution in [0.5, 0.6) is 0 Å². The minimum Gasteiger partial charge on any atom is -0.165 e. The van der Waals surface area contributed by atoms with E-state index in [9.17, 15) is 0 Å². The summed E-state index contributed by atoms with van der Waals surface area (Å²) in [6.45, 7) is 8.96. The van der Waals surface area contributed by atoms with Gasteiger partial charge in [0.1, 0.15) is 0 Å². The van der Waals surface area contributed by atoms with Crippen LogP contribution < -0.4 is 0 Å². The molecule has 0 saturated carbocycles. The van der Waals surface area contributed by atoms with Gasteiger partial charge in [-0.15, -0.1) is 69.1 Å². The number of aryl methyl sites for hydroxylation is 2. The molecule has 248 valence electrons. The summed E-state index contributed by atoms with van der Waals surface area (Å²) in [5.41, 5.74) is 8.20. The average Bonchev–Trinajstić information content (AvgIpc) is 3.74. The van der Waals surface area contributed by atoms with Crippen LogP contribution in [0.15, 0.2) is 170 Å². The number of fused-ring (bicyclic) bond motifs is 6. The quantitative estimate of drug-likeness (QED) is 0.0935. The van der Waals surface area contributed by atoms with Gasteiger partial charge >= 0.3 is 41.9 Å². The zero-order valence-electron chi connectivity index (χ0n) is 30.2. The fraction of sp³-hybridized carbons (Fsp3) is 0.0800. The smallest absolute Gasteiger partial charge is 0.0107 e. The molecule has 0 aliphatic heterocycles. The molecule has 0 nitrogen and oxygen atoms in total. The Morgan fingerprint density at radius 3 is 1.02 bits per heavy atom. The third-order valence-electron chi connectivity index (χ3n) is 9.87. The van der Waals surface area contributed by atoms with Gasteiger partial charge in [0.15, 0.2) is 0 Å². The van der Waals surface area contributed by atoms with E-state index in [1.165, 1.54) is 98.0 Å². The van der Waals surface area contributed by atoms with Crippen molar-refractivity contribution in [3.05, 3.63) is 181 Å². The summed E-state index contributed by atoms with van der Waals surface area (Å²) >= 11 is 1.74. The van der Waals surface area contributed by atoms with Crippen LogP contribution in [-0.2, 0) is 23.3 Å². The van der Waals surface area contributed by atoms with E-state index in [1.54, 1.807) is 23.3 Å². The molecule has 2 heteroatoms. The fourth-order valence-electron chi connectivity index (χ4n) is 7.81. The van der Waals surface area contributed by atoms with Crippen LogP contribution in [0.3, 0.4) is 0 Å². The van der Waals surface area contributed by atoms with Gasteiger partial charge in [0.2, 0.25) is 0 Å². The molecule has 0 fully saturated rings. The van der Waals surface area contributed by atoms with Crippen molar-refractivity contribution in [1.29, 1.82) is 0 Å². The Balaban J connectivity index is 0.000000135. The molecular weight excluding hydrogens is 720 g/mol. The molecule has 0 N–H and O–H groups in total. The Hall–Kier alpha value is -4.88. The molecule has 0 saturated heterocycles. The van der Waals surface area contributed by atoms with Crippen LogP contribution >= 0.6 is 0 Å². The SMILES string of the molecule is C[Si](C)=[Zr+2].Cc1cc2c(-c3c4ccccc4cc4ccccc34)cccc2[cH-]1.Cc1cc2c(-c3c4ccccc4cc4ccccc34)cccc2[cH-]1. The summed E-state index contributed by atoms with van der Waals surface area (Å²) in [6.07, 6.45) is 0. The molecule has 52 heavy (non-hydrogen) atoms. The Morgan fingerprint density at radius 1 is 0.385 bits per heavy atom. The summed E-state index contributed by atoms with van der Waals surface area (Å²) in [6, 6.07) is 61.9. The predicted octanol–water partition coefficient (Wildman–Crippen LogP) is 14.5. The number of hydrogen-bond acceptors (Lipinski definition) is 0. The predicted molar refractivity (Wildman–Crippen MR) is 227 cm³/mol. The van der Waals surface area contributed by atoms with E-state index in [4.69, 9.17) is 0 Å². The standard InChI is InChI=1S/2C24H17.C2H6Si.Zr/c2*1-16-13-17-9-6-12-22(23(17)14-16)24-20-10-4-2-7-18(20)15-19-8-3-5-11-21(19)24;1-3-2;/h2*2-15H,1H3;1-2H3;/q2*-1;;+2. The molecule has 0 aromatic heterocycles. The van der Waals surface area contributed by atoms with Gasteiger partial charge in [-0.05, 0) is 66.3 Å². The Bertz CT molecular complexity index is 2610. The maximum Gasteiger partial charge on any atom is -0.0107 e. The van der Waals surface area contributed by atoms with E-state index in [-0.39, 0.29) is 5.43 Å². The molecule has 10 aromatic carbocycles. The summed E-state index contributed by atoms with van der Waals surface area (Å²) in [5, 5.41) is 15.8. The maximum absolute atomic E-state index is 2.31. The summed E-state index contributed by atoms with van der Waals surface area (Å²) in [7, 11) is 0. The number of benzene rings is 8. The summed E-state index contributed by atoms with van der Waals surface area (Å²) < 4.78 is 0. The zero-order valence-corrected chi connectivity index (χ0v) is 33.6. The van der Waals surface area contributed by atoms with Crippen LogP contribution in [0, 0.1) is 13.8 Å². The topological polar surface area (TPSA) is 0 Å². The van der Waals surface area contributed by atoms with Crippen LogP contribution in [-0.4, -0.2) is 5.43 Å². The van der Waals surface area contributed by atoms with Gasteiger partial charge in [-0.25, -0.2) is 0 Å². The van der Waals surface area contributed by atoms with Crippen molar-refractivity contribution < 1.29 is 23.3 Å². The molecule has 0 aliphatic carbocycles. The van der Waals surface area contributed by atoms with E-state index in [0.29, 0.717) is 0 Å². The Morgan fingerprint density at radius 2 is 0.692 bits per heavy atom. The molecule has 0 unspecified atom stereocenters. The van der Waals surface area contributed by atoms with Gasteiger partial charge in [-0.2, -0.15) is 12.1 Å². The summed E-state index contributed by atoms with van der Waals surface area (Å²) in [4.78, 5) is 0. The molecule has 0 amide bonds. The number of rotatable bonds is 2.